The predicted octanol–water partition coefficient (Wildman–Crippen LogP) is 4.08. The van der Waals surface area contributed by atoms with Gasteiger partial charge in [0.25, 0.3) is 0 Å². The number of halogens is 2. The van der Waals surface area contributed by atoms with Crippen LogP contribution in [-0.2, 0) is 20.8 Å². The zero-order valence-corrected chi connectivity index (χ0v) is 21.9. The maximum absolute atomic E-state index is 13.7. The van der Waals surface area contributed by atoms with Crippen molar-refractivity contribution in [2.75, 3.05) is 37.7 Å². The lowest BCUT2D eigenvalue weighted by Gasteiger charge is -2.31. The third-order valence-corrected chi connectivity index (χ3v) is 6.35. The molecular formula is C24H35ClFN5O4S. The number of allylic oxidation sites excluding steroid dienone is 3. The number of ether oxygens (including phenoxy) is 1. The second-order valence-electron chi connectivity index (χ2n) is 8.45. The van der Waals surface area contributed by atoms with Crippen molar-refractivity contribution < 1.29 is 22.7 Å². The number of nitrogens with zero attached hydrogens (tertiary/aromatic N) is 3. The molecule has 1 aliphatic rings. The summed E-state index contributed by atoms with van der Waals surface area (Å²) >= 11 is 3.82. The fraction of sp³-hybridized carbons (Fsp3) is 0.542. The molecule has 0 radical (unpaired) electrons. The van der Waals surface area contributed by atoms with Gasteiger partial charge in [-0.15, -0.1) is 0 Å². The Labute approximate surface area is 219 Å². The van der Waals surface area contributed by atoms with Crippen LogP contribution in [0.2, 0.25) is 5.02 Å². The van der Waals surface area contributed by atoms with E-state index < -0.39 is 17.1 Å². The molecule has 9 nitrogen and oxygen atoms in total. The Hall–Kier alpha value is -2.34. The van der Waals surface area contributed by atoms with Crippen molar-refractivity contribution in [3.05, 3.63) is 53.8 Å². The molecule has 0 saturated carbocycles. The summed E-state index contributed by atoms with van der Waals surface area (Å²) in [6.07, 6.45) is 13.1. The summed E-state index contributed by atoms with van der Waals surface area (Å²) in [5.74, 6) is 0.371. The average molecular weight is 544 g/mol. The van der Waals surface area contributed by atoms with Crippen LogP contribution in [0.3, 0.4) is 0 Å². The van der Waals surface area contributed by atoms with Gasteiger partial charge in [0.1, 0.15) is 5.83 Å². The fourth-order valence-electron chi connectivity index (χ4n) is 3.74. The molecule has 1 unspecified atom stereocenters. The number of carbonyl (C=O) groups is 1. The van der Waals surface area contributed by atoms with E-state index in [9.17, 15) is 13.4 Å². The van der Waals surface area contributed by atoms with E-state index in [1.54, 1.807) is 18.5 Å². The van der Waals surface area contributed by atoms with Gasteiger partial charge in [-0.2, -0.15) is 0 Å². The minimum Gasteiger partial charge on any atom is -0.501 e. The Kier molecular flexibility index (Phi) is 14.3. The monoisotopic (exact) mass is 543 g/mol. The Morgan fingerprint density at radius 2 is 1.97 bits per heavy atom. The van der Waals surface area contributed by atoms with Crippen LogP contribution in [0.15, 0.2) is 48.8 Å². The SMILES string of the molecule is C=C(F)/C(=C\C=C\OCCCC1CCN(c2ncc(Cl)cn2)CC1)CC(=O)NCCCCNS(=O)O. The summed E-state index contributed by atoms with van der Waals surface area (Å²) in [5.41, 5.74) is 0.182. The van der Waals surface area contributed by atoms with Gasteiger partial charge in [-0.3, -0.25) is 9.35 Å². The van der Waals surface area contributed by atoms with Crippen LogP contribution in [0.5, 0.6) is 0 Å². The van der Waals surface area contributed by atoms with E-state index >= 15 is 0 Å². The third-order valence-electron chi connectivity index (χ3n) is 5.70. The van der Waals surface area contributed by atoms with E-state index in [1.807, 2.05) is 0 Å². The summed E-state index contributed by atoms with van der Waals surface area (Å²) in [4.78, 5) is 22.7. The minimum absolute atomic E-state index is 0.127. The number of aromatic nitrogens is 2. The van der Waals surface area contributed by atoms with Gasteiger partial charge in [0.15, 0.2) is 0 Å². The first-order valence-corrected chi connectivity index (χ1v) is 13.5. The van der Waals surface area contributed by atoms with E-state index in [0.29, 0.717) is 43.5 Å². The first-order chi connectivity index (χ1) is 17.3. The van der Waals surface area contributed by atoms with Crippen LogP contribution in [0.4, 0.5) is 10.3 Å². The number of hydrogen-bond acceptors (Lipinski definition) is 6. The standard InChI is InChI=1S/C24H35ClFN5O4S/c1-19(26)21(16-23(32)27-10-2-3-11-30-36(33)34)7-5-15-35-14-4-6-20-8-12-31(13-9-20)24-28-17-22(25)18-29-24/h5,7,15,17-18,20,30H,1-4,6,8-14,16H2,(H,27,32)(H,33,34)/b15-5+,21-7-. The number of nitrogens with one attached hydrogen (secondary N) is 2. The van der Waals surface area contributed by atoms with Gasteiger partial charge < -0.3 is 15.0 Å². The van der Waals surface area contributed by atoms with Gasteiger partial charge in [-0.25, -0.2) is 23.3 Å². The van der Waals surface area contributed by atoms with Gasteiger partial charge >= 0.3 is 0 Å². The molecule has 3 N–H and O–H groups in total. The third kappa shape index (κ3) is 12.6. The molecule has 36 heavy (non-hydrogen) atoms. The van der Waals surface area contributed by atoms with Crippen molar-refractivity contribution in [3.8, 4) is 0 Å². The lowest BCUT2D eigenvalue weighted by atomic mass is 9.92. The molecule has 1 aromatic rings. The van der Waals surface area contributed by atoms with Gasteiger partial charge in [-0.1, -0.05) is 24.3 Å². The molecular weight excluding hydrogens is 509 g/mol. The smallest absolute Gasteiger partial charge is 0.231 e. The summed E-state index contributed by atoms with van der Waals surface area (Å²) in [6.45, 7) is 6.46. The molecule has 0 aromatic carbocycles. The molecule has 12 heteroatoms. The second-order valence-corrected chi connectivity index (χ2v) is 9.67. The zero-order valence-electron chi connectivity index (χ0n) is 20.3. The number of anilines is 1. The lowest BCUT2D eigenvalue weighted by Crippen LogP contribution is -2.34. The molecule has 1 amide bonds. The Balaban J connectivity index is 1.58. The number of hydrogen-bond donors (Lipinski definition) is 3. The van der Waals surface area contributed by atoms with Gasteiger partial charge in [0.2, 0.25) is 23.1 Å². The van der Waals surface area contributed by atoms with E-state index in [-0.39, 0.29) is 17.9 Å². The predicted molar refractivity (Wildman–Crippen MR) is 140 cm³/mol. The summed E-state index contributed by atoms with van der Waals surface area (Å²) in [7, 11) is 0. The van der Waals surface area contributed by atoms with Gasteiger partial charge in [-0.05, 0) is 56.1 Å². The first-order valence-electron chi connectivity index (χ1n) is 12.0. The van der Waals surface area contributed by atoms with Gasteiger partial charge in [0.05, 0.1) is 36.7 Å². The second kappa shape index (κ2) is 17.2. The van der Waals surface area contributed by atoms with Gasteiger partial charge in [0, 0.05) is 26.2 Å². The van der Waals surface area contributed by atoms with Crippen LogP contribution in [0.25, 0.3) is 0 Å². The number of unbranched alkanes of at least 4 members (excludes halogenated alkanes) is 1. The highest BCUT2D eigenvalue weighted by molar-refractivity contribution is 7.77. The Bertz CT molecular complexity index is 908. The van der Waals surface area contributed by atoms with E-state index in [0.717, 1.165) is 44.7 Å². The Morgan fingerprint density at radius 3 is 2.64 bits per heavy atom. The summed E-state index contributed by atoms with van der Waals surface area (Å²) in [6, 6.07) is 0. The largest absolute Gasteiger partial charge is 0.501 e. The average Bonchev–Trinajstić information content (AvgIpc) is 2.85. The van der Waals surface area contributed by atoms with Crippen LogP contribution < -0.4 is 14.9 Å². The maximum Gasteiger partial charge on any atom is 0.231 e. The van der Waals surface area contributed by atoms with Crippen molar-refractivity contribution in [2.45, 2.75) is 44.9 Å². The number of rotatable bonds is 16. The molecule has 1 saturated heterocycles. The molecule has 0 aliphatic carbocycles. The number of carbonyl (C=O) groups excluding carboxylic acids is 1. The van der Waals surface area contributed by atoms with E-state index in [4.69, 9.17) is 20.9 Å². The molecule has 2 rings (SSSR count). The highest BCUT2D eigenvalue weighted by atomic mass is 35.5. The van der Waals surface area contributed by atoms with Crippen molar-refractivity contribution in [1.82, 2.24) is 20.0 Å². The fourth-order valence-corrected chi connectivity index (χ4v) is 4.16. The van der Waals surface area contributed by atoms with Crippen LogP contribution in [0, 0.1) is 5.92 Å². The lowest BCUT2D eigenvalue weighted by molar-refractivity contribution is -0.120. The van der Waals surface area contributed by atoms with Crippen molar-refractivity contribution in [3.63, 3.8) is 0 Å². The van der Waals surface area contributed by atoms with Crippen molar-refractivity contribution in [1.29, 1.82) is 0 Å². The molecule has 1 aromatic heterocycles. The van der Waals surface area contributed by atoms with Crippen LogP contribution in [-0.4, -0.2) is 57.4 Å². The highest BCUT2D eigenvalue weighted by Gasteiger charge is 2.20. The number of amides is 1. The van der Waals surface area contributed by atoms with Crippen molar-refractivity contribution >= 4 is 34.7 Å². The van der Waals surface area contributed by atoms with Crippen molar-refractivity contribution in [2.24, 2.45) is 5.92 Å². The normalized spacial score (nSPS) is 15.8. The summed E-state index contributed by atoms with van der Waals surface area (Å²) < 4.78 is 40.6. The Morgan fingerprint density at radius 1 is 1.28 bits per heavy atom. The summed E-state index contributed by atoms with van der Waals surface area (Å²) in [5, 5.41) is 3.23. The highest BCUT2D eigenvalue weighted by Crippen LogP contribution is 2.24. The molecule has 0 spiro atoms. The zero-order chi connectivity index (χ0) is 26.2. The van der Waals surface area contributed by atoms with E-state index in [1.165, 1.54) is 12.3 Å². The molecule has 0 bridgehead atoms. The molecule has 1 aliphatic heterocycles. The van der Waals surface area contributed by atoms with Crippen LogP contribution >= 0.6 is 11.6 Å². The quantitative estimate of drug-likeness (QED) is 0.124. The molecule has 1 atom stereocenters. The minimum atomic E-state index is -2.03. The molecule has 2 heterocycles. The van der Waals surface area contributed by atoms with Crippen LogP contribution in [0.1, 0.15) is 44.9 Å². The molecule has 200 valence electrons. The maximum atomic E-state index is 13.7. The topological polar surface area (TPSA) is 117 Å². The van der Waals surface area contributed by atoms with E-state index in [2.05, 4.69) is 31.5 Å². The number of piperidine rings is 1. The molecule has 1 fully saturated rings. The first kappa shape index (κ1) is 29.9.